The molecular weight excluding hydrogens is 260 g/mol. The van der Waals surface area contributed by atoms with Gasteiger partial charge in [-0.2, -0.15) is 0 Å². The molecule has 3 rings (SSSR count). The van der Waals surface area contributed by atoms with E-state index in [2.05, 4.69) is 32.0 Å². The van der Waals surface area contributed by atoms with Crippen molar-refractivity contribution in [1.29, 1.82) is 0 Å². The van der Waals surface area contributed by atoms with Gasteiger partial charge >= 0.3 is 0 Å². The molecule has 0 radical (unpaired) electrons. The first-order valence-corrected chi connectivity index (χ1v) is 8.33. The van der Waals surface area contributed by atoms with Crippen LogP contribution in [-0.2, 0) is 12.8 Å². The van der Waals surface area contributed by atoms with Gasteiger partial charge in [-0.15, -0.1) is 0 Å². The molecule has 116 valence electrons. The predicted molar refractivity (Wildman–Crippen MR) is 85.7 cm³/mol. The van der Waals surface area contributed by atoms with E-state index in [1.165, 1.54) is 17.5 Å². The van der Waals surface area contributed by atoms with E-state index in [0.717, 1.165) is 44.3 Å². The first kappa shape index (κ1) is 14.9. The van der Waals surface area contributed by atoms with Crippen LogP contribution < -0.4 is 4.74 Å². The summed E-state index contributed by atoms with van der Waals surface area (Å²) in [7, 11) is 1.73. The Morgan fingerprint density at radius 3 is 2.62 bits per heavy atom. The molecule has 2 heteroatoms. The molecule has 0 bridgehead atoms. The fourth-order valence-electron chi connectivity index (χ4n) is 4.66. The molecule has 1 N–H and O–H groups in total. The number of aliphatic hydroxyl groups is 1. The normalized spacial score (nSPS) is 31.5. The van der Waals surface area contributed by atoms with E-state index in [1.54, 1.807) is 7.11 Å². The summed E-state index contributed by atoms with van der Waals surface area (Å²) in [4.78, 5) is 0. The van der Waals surface area contributed by atoms with Gasteiger partial charge in [0.1, 0.15) is 5.75 Å². The van der Waals surface area contributed by atoms with Crippen molar-refractivity contribution in [3.8, 4) is 5.75 Å². The van der Waals surface area contributed by atoms with Crippen molar-refractivity contribution in [1.82, 2.24) is 0 Å². The second-order valence-electron chi connectivity index (χ2n) is 7.69. The summed E-state index contributed by atoms with van der Waals surface area (Å²) < 4.78 is 5.40. The van der Waals surface area contributed by atoms with Crippen molar-refractivity contribution in [3.63, 3.8) is 0 Å². The maximum atomic E-state index is 11.3. The van der Waals surface area contributed by atoms with Gasteiger partial charge in [0.2, 0.25) is 0 Å². The molecule has 0 aromatic heterocycles. The third-order valence-corrected chi connectivity index (χ3v) is 5.92. The lowest BCUT2D eigenvalue weighted by Gasteiger charge is -2.51. The van der Waals surface area contributed by atoms with Gasteiger partial charge in [0.05, 0.1) is 12.7 Å². The van der Waals surface area contributed by atoms with E-state index < -0.39 is 5.60 Å². The lowest BCUT2D eigenvalue weighted by Crippen LogP contribution is -2.50. The molecule has 2 aliphatic carbocycles. The minimum atomic E-state index is -0.470. The maximum Gasteiger partial charge on any atom is 0.119 e. The molecule has 0 saturated heterocycles. The number of rotatable bonds is 1. The average Bonchev–Trinajstić information content (AvgIpc) is 2.42. The van der Waals surface area contributed by atoms with Crippen LogP contribution in [0.1, 0.15) is 57.1 Å². The highest BCUT2D eigenvalue weighted by Gasteiger charge is 2.48. The Labute approximate surface area is 128 Å². The molecule has 1 fully saturated rings. The van der Waals surface area contributed by atoms with E-state index in [1.807, 2.05) is 0 Å². The second-order valence-corrected chi connectivity index (χ2v) is 7.69. The molecule has 0 unspecified atom stereocenters. The number of hydrogen-bond acceptors (Lipinski definition) is 2. The Morgan fingerprint density at radius 1 is 1.10 bits per heavy atom. The molecular formula is C19H28O2. The van der Waals surface area contributed by atoms with Crippen LogP contribution in [0.4, 0.5) is 0 Å². The lowest BCUT2D eigenvalue weighted by atomic mass is 9.57. The zero-order valence-electron chi connectivity index (χ0n) is 13.6. The molecule has 0 heterocycles. The topological polar surface area (TPSA) is 29.5 Å². The van der Waals surface area contributed by atoms with Crippen molar-refractivity contribution < 1.29 is 9.84 Å². The third kappa shape index (κ3) is 2.70. The molecule has 21 heavy (non-hydrogen) atoms. The van der Waals surface area contributed by atoms with E-state index in [-0.39, 0.29) is 5.41 Å². The molecule has 2 nitrogen and oxygen atoms in total. The highest BCUT2D eigenvalue weighted by molar-refractivity contribution is 5.37. The summed E-state index contributed by atoms with van der Waals surface area (Å²) in [5.41, 5.74) is 2.57. The van der Waals surface area contributed by atoms with Crippen LogP contribution in [-0.4, -0.2) is 17.8 Å². The van der Waals surface area contributed by atoms with Gasteiger partial charge in [-0.25, -0.2) is 0 Å². The summed E-state index contributed by atoms with van der Waals surface area (Å²) in [6.45, 7) is 4.67. The molecule has 0 spiro atoms. The van der Waals surface area contributed by atoms with Crippen molar-refractivity contribution in [2.45, 2.75) is 64.4 Å². The zero-order valence-corrected chi connectivity index (χ0v) is 13.6. The number of ether oxygens (including phenoxy) is 1. The highest BCUT2D eigenvalue weighted by Crippen LogP contribution is 2.50. The van der Waals surface area contributed by atoms with Crippen LogP contribution >= 0.6 is 0 Å². The highest BCUT2D eigenvalue weighted by atomic mass is 16.5. The van der Waals surface area contributed by atoms with Crippen LogP contribution in [0.2, 0.25) is 0 Å². The first-order chi connectivity index (χ1) is 9.94. The molecule has 0 aliphatic heterocycles. The molecule has 2 aliphatic rings. The Hall–Kier alpha value is -1.02. The maximum absolute atomic E-state index is 11.3. The fraction of sp³-hybridized carbons (Fsp3) is 0.684. The molecule has 1 saturated carbocycles. The Balaban J connectivity index is 2.00. The van der Waals surface area contributed by atoms with Crippen LogP contribution in [0.3, 0.4) is 0 Å². The van der Waals surface area contributed by atoms with E-state index in [9.17, 15) is 5.11 Å². The monoisotopic (exact) mass is 288 g/mol. The first-order valence-electron chi connectivity index (χ1n) is 8.33. The number of hydrogen-bond donors (Lipinski definition) is 1. The summed E-state index contributed by atoms with van der Waals surface area (Å²) >= 11 is 0. The van der Waals surface area contributed by atoms with Crippen molar-refractivity contribution in [2.75, 3.05) is 7.11 Å². The quantitative estimate of drug-likeness (QED) is 0.842. The van der Waals surface area contributed by atoms with Crippen molar-refractivity contribution in [3.05, 3.63) is 29.3 Å². The molecule has 2 atom stereocenters. The number of methoxy groups -OCH3 is 1. The second kappa shape index (κ2) is 5.31. The van der Waals surface area contributed by atoms with E-state index >= 15 is 0 Å². The van der Waals surface area contributed by atoms with Gasteiger partial charge in [0.15, 0.2) is 0 Å². The Bertz CT molecular complexity index is 520. The number of fused-ring (bicyclic) bond motifs is 2. The summed E-state index contributed by atoms with van der Waals surface area (Å²) in [5, 5.41) is 11.3. The van der Waals surface area contributed by atoms with Crippen LogP contribution in [0, 0.1) is 11.3 Å². The SMILES string of the molecule is COc1ccc2c(c1)C[C@H]1C(C)(C)CCC[C@]1(O)CCC2. The van der Waals surface area contributed by atoms with Gasteiger partial charge in [0.25, 0.3) is 0 Å². The zero-order chi connectivity index (χ0) is 15.1. The Kier molecular flexibility index (Phi) is 3.77. The standard InChI is InChI=1S/C19H28O2/c1-18(2)9-5-11-19(20)10-4-6-14-7-8-16(21-3)12-15(14)13-17(18)19/h7-8,12,17,20H,4-6,9-11,13H2,1-3H3/t17-,19+/m0/s1. The van der Waals surface area contributed by atoms with Crippen LogP contribution in [0.25, 0.3) is 0 Å². The summed E-state index contributed by atoms with van der Waals surface area (Å²) in [6.07, 6.45) is 7.45. The number of aryl methyl sites for hydroxylation is 1. The smallest absolute Gasteiger partial charge is 0.119 e. The van der Waals surface area contributed by atoms with Crippen molar-refractivity contribution >= 4 is 0 Å². The predicted octanol–water partition coefficient (Wildman–Crippen LogP) is 4.13. The van der Waals surface area contributed by atoms with E-state index in [0.29, 0.717) is 5.92 Å². The van der Waals surface area contributed by atoms with Gasteiger partial charge in [-0.05, 0) is 73.1 Å². The fourth-order valence-corrected chi connectivity index (χ4v) is 4.66. The summed E-state index contributed by atoms with van der Waals surface area (Å²) in [5.74, 6) is 1.29. The van der Waals surface area contributed by atoms with E-state index in [4.69, 9.17) is 4.74 Å². The molecule has 0 amide bonds. The van der Waals surface area contributed by atoms with Crippen LogP contribution in [0.15, 0.2) is 18.2 Å². The third-order valence-electron chi connectivity index (χ3n) is 5.92. The minimum Gasteiger partial charge on any atom is -0.497 e. The Morgan fingerprint density at radius 2 is 1.86 bits per heavy atom. The van der Waals surface area contributed by atoms with Gasteiger partial charge in [-0.1, -0.05) is 26.3 Å². The van der Waals surface area contributed by atoms with Gasteiger partial charge in [-0.3, -0.25) is 0 Å². The largest absolute Gasteiger partial charge is 0.497 e. The lowest BCUT2D eigenvalue weighted by molar-refractivity contribution is -0.109. The summed E-state index contributed by atoms with van der Waals surface area (Å²) in [6, 6.07) is 6.47. The number of benzene rings is 1. The average molecular weight is 288 g/mol. The molecule has 1 aromatic carbocycles. The van der Waals surface area contributed by atoms with Crippen LogP contribution in [0.5, 0.6) is 5.75 Å². The van der Waals surface area contributed by atoms with Crippen molar-refractivity contribution in [2.24, 2.45) is 11.3 Å². The van der Waals surface area contributed by atoms with Gasteiger partial charge in [0, 0.05) is 0 Å². The van der Waals surface area contributed by atoms with Gasteiger partial charge < -0.3 is 9.84 Å². The molecule has 1 aromatic rings. The minimum absolute atomic E-state index is 0.213.